The maximum absolute atomic E-state index is 11.6. The van der Waals surface area contributed by atoms with E-state index in [4.69, 9.17) is 4.74 Å². The zero-order chi connectivity index (χ0) is 13.8. The fraction of sp³-hybridized carbons (Fsp3) is 0.700. The van der Waals surface area contributed by atoms with Gasteiger partial charge in [0.05, 0.1) is 6.61 Å². The normalized spacial score (nSPS) is 13.2. The maximum Gasteiger partial charge on any atom is 0.300 e. The first kappa shape index (κ1) is 15.9. The Kier molecular flexibility index (Phi) is 6.00. The summed E-state index contributed by atoms with van der Waals surface area (Å²) in [6.07, 6.45) is 0. The van der Waals surface area contributed by atoms with Gasteiger partial charge in [-0.05, 0) is 11.6 Å². The van der Waals surface area contributed by atoms with Crippen LogP contribution in [0.25, 0.3) is 0 Å². The number of rotatable bonds is 6. The van der Waals surface area contributed by atoms with Crippen LogP contribution in [-0.4, -0.2) is 34.7 Å². The van der Waals surface area contributed by atoms with Crippen molar-refractivity contribution in [2.75, 3.05) is 6.61 Å². The van der Waals surface area contributed by atoms with Gasteiger partial charge in [0.25, 0.3) is 0 Å². The van der Waals surface area contributed by atoms with Crippen molar-refractivity contribution in [3.05, 3.63) is 0 Å². The Morgan fingerprint density at radius 2 is 2.28 bits per heavy atom. The van der Waals surface area contributed by atoms with Gasteiger partial charge in [0.15, 0.2) is 16.0 Å². The molecule has 8 heteroatoms. The second-order valence-corrected chi connectivity index (χ2v) is 8.23. The molecular weight excluding hydrogens is 287 g/mol. The Bertz CT molecular complexity index is 412. The van der Waals surface area contributed by atoms with Crippen molar-refractivity contribution in [3.8, 4) is 0 Å². The molecule has 0 aliphatic carbocycles. The molecule has 1 aromatic rings. The molecule has 0 bridgehead atoms. The molecule has 100 valence electrons. The number of carbonyl (C=O) groups is 1. The van der Waals surface area contributed by atoms with Crippen molar-refractivity contribution in [2.24, 2.45) is 0 Å². The van der Waals surface area contributed by atoms with E-state index >= 15 is 0 Å². The van der Waals surface area contributed by atoms with Crippen LogP contribution < -0.4 is 0 Å². The Morgan fingerprint density at radius 3 is 2.78 bits per heavy atom. The van der Waals surface area contributed by atoms with E-state index in [1.165, 1.54) is 11.3 Å². The van der Waals surface area contributed by atoms with E-state index in [1.54, 1.807) is 11.8 Å². The van der Waals surface area contributed by atoms with E-state index in [2.05, 4.69) is 36.7 Å². The molecule has 0 saturated heterocycles. The zero-order valence-electron chi connectivity index (χ0n) is 11.0. The second-order valence-electron chi connectivity index (χ2n) is 4.57. The lowest BCUT2D eigenvalue weighted by atomic mass is 9.56. The molecule has 1 heterocycles. The number of thioether (sulfide) groups is 1. The number of thiol groups is 1. The van der Waals surface area contributed by atoms with Crippen LogP contribution in [0.15, 0.2) is 8.68 Å². The smallest absolute Gasteiger partial charge is 0.300 e. The van der Waals surface area contributed by atoms with Gasteiger partial charge in [0, 0.05) is 5.82 Å². The molecule has 0 amide bonds. The van der Waals surface area contributed by atoms with Crippen LogP contribution in [0, 0.1) is 0 Å². The summed E-state index contributed by atoms with van der Waals surface area (Å²) >= 11 is 7.21. The van der Waals surface area contributed by atoms with Gasteiger partial charge in [-0.3, -0.25) is 4.79 Å². The molecule has 0 radical (unpaired) electrons. The maximum atomic E-state index is 11.6. The van der Waals surface area contributed by atoms with Crippen LogP contribution in [0.2, 0.25) is 5.82 Å². The molecule has 0 spiro atoms. The van der Waals surface area contributed by atoms with Crippen molar-refractivity contribution >= 4 is 49.0 Å². The van der Waals surface area contributed by atoms with Gasteiger partial charge in [-0.15, -0.1) is 22.8 Å². The molecule has 1 aromatic heterocycles. The molecule has 0 aliphatic rings. The van der Waals surface area contributed by atoms with Gasteiger partial charge in [-0.25, -0.2) is 0 Å². The molecule has 0 N–H and O–H groups in total. The molecule has 1 unspecified atom stereocenters. The summed E-state index contributed by atoms with van der Waals surface area (Å²) in [5.74, 6) is -0.255. The van der Waals surface area contributed by atoms with Gasteiger partial charge < -0.3 is 4.74 Å². The molecule has 4 nitrogen and oxygen atoms in total. The van der Waals surface area contributed by atoms with Crippen molar-refractivity contribution in [2.45, 2.75) is 46.8 Å². The third kappa shape index (κ3) is 5.20. The summed E-state index contributed by atoms with van der Waals surface area (Å²) in [7, 11) is 0.734. The van der Waals surface area contributed by atoms with Crippen LogP contribution in [0.3, 0.4) is 0 Å². The summed E-state index contributed by atoms with van der Waals surface area (Å²) in [6.45, 7) is 8.32. The SMILES string of the molecule is CCOC(=O)C(C)BC(C)(C)Sc1nnc(S)s1. The fourth-order valence-corrected chi connectivity index (χ4v) is 4.40. The number of esters is 1. The molecule has 0 aliphatic heterocycles. The third-order valence-corrected chi connectivity index (χ3v) is 4.61. The number of ether oxygens (including phenoxy) is 1. The molecule has 0 saturated carbocycles. The highest BCUT2D eigenvalue weighted by Crippen LogP contribution is 2.36. The second kappa shape index (κ2) is 6.82. The van der Waals surface area contributed by atoms with E-state index in [0.29, 0.717) is 10.9 Å². The number of aromatic nitrogens is 2. The summed E-state index contributed by atoms with van der Waals surface area (Å²) in [5, 5.41) is 7.89. The van der Waals surface area contributed by atoms with Crippen molar-refractivity contribution in [1.29, 1.82) is 0 Å². The molecule has 0 fully saturated rings. The van der Waals surface area contributed by atoms with Crippen LogP contribution in [-0.2, 0) is 9.53 Å². The van der Waals surface area contributed by atoms with Crippen LogP contribution in [0.4, 0.5) is 0 Å². The van der Waals surface area contributed by atoms with E-state index in [-0.39, 0.29) is 16.4 Å². The van der Waals surface area contributed by atoms with Crippen molar-refractivity contribution < 1.29 is 9.53 Å². The average molecular weight is 304 g/mol. The van der Waals surface area contributed by atoms with Gasteiger partial charge in [0.2, 0.25) is 0 Å². The highest BCUT2D eigenvalue weighted by molar-refractivity contribution is 8.03. The van der Waals surface area contributed by atoms with E-state index in [0.717, 1.165) is 11.6 Å². The number of carbonyl (C=O) groups excluding carboxylic acids is 1. The standard InChI is InChI=1S/C10H17BN2O2S3/c1-5-15-7(14)6(2)11-10(3,4)18-9-13-12-8(16)17-9/h6,11H,5H2,1-4H3,(H,12,16). The van der Waals surface area contributed by atoms with Gasteiger partial charge in [-0.2, -0.15) is 0 Å². The minimum atomic E-state index is -0.140. The zero-order valence-corrected chi connectivity index (χ0v) is 13.5. The van der Waals surface area contributed by atoms with E-state index in [1.807, 2.05) is 13.8 Å². The highest BCUT2D eigenvalue weighted by atomic mass is 32.2. The number of hydrogen-bond donors (Lipinski definition) is 1. The minimum Gasteiger partial charge on any atom is -0.466 e. The van der Waals surface area contributed by atoms with E-state index in [9.17, 15) is 4.79 Å². The number of hydrogen-bond acceptors (Lipinski definition) is 7. The fourth-order valence-electron chi connectivity index (χ4n) is 1.63. The minimum absolute atomic E-state index is 0.0913. The van der Waals surface area contributed by atoms with Crippen LogP contribution in [0.1, 0.15) is 27.7 Å². The van der Waals surface area contributed by atoms with E-state index < -0.39 is 0 Å². The molecule has 0 aromatic carbocycles. The first-order valence-electron chi connectivity index (χ1n) is 5.72. The van der Waals surface area contributed by atoms with Gasteiger partial charge in [-0.1, -0.05) is 43.9 Å². The quantitative estimate of drug-likeness (QED) is 0.379. The lowest BCUT2D eigenvalue weighted by Gasteiger charge is -2.23. The van der Waals surface area contributed by atoms with Gasteiger partial charge >= 0.3 is 5.97 Å². The summed E-state index contributed by atoms with van der Waals surface area (Å²) in [6, 6.07) is 0. The lowest BCUT2D eigenvalue weighted by Crippen LogP contribution is -2.31. The Labute approximate surface area is 122 Å². The van der Waals surface area contributed by atoms with Gasteiger partial charge in [0.1, 0.15) is 0 Å². The summed E-state index contributed by atoms with van der Waals surface area (Å²) in [4.78, 5) is 11.6. The predicted octanol–water partition coefficient (Wildman–Crippen LogP) is 2.46. The lowest BCUT2D eigenvalue weighted by molar-refractivity contribution is -0.142. The summed E-state index contributed by atoms with van der Waals surface area (Å²) in [5.41, 5.74) is 0. The summed E-state index contributed by atoms with van der Waals surface area (Å²) < 4.78 is 6.46. The van der Waals surface area contributed by atoms with Crippen molar-refractivity contribution in [1.82, 2.24) is 10.2 Å². The first-order chi connectivity index (χ1) is 8.34. The first-order valence-corrected chi connectivity index (χ1v) is 7.80. The Hall–Kier alpha value is -0.205. The molecule has 1 atom stereocenters. The molecule has 1 rings (SSSR count). The highest BCUT2D eigenvalue weighted by Gasteiger charge is 2.29. The number of nitrogens with zero attached hydrogens (tertiary/aromatic N) is 2. The van der Waals surface area contributed by atoms with Crippen molar-refractivity contribution in [3.63, 3.8) is 0 Å². The Morgan fingerprint density at radius 1 is 1.61 bits per heavy atom. The average Bonchev–Trinajstić information content (AvgIpc) is 2.62. The largest absolute Gasteiger partial charge is 0.466 e. The monoisotopic (exact) mass is 304 g/mol. The topological polar surface area (TPSA) is 52.1 Å². The third-order valence-electron chi connectivity index (χ3n) is 2.25. The van der Waals surface area contributed by atoms with Crippen LogP contribution in [0.5, 0.6) is 0 Å². The Balaban J connectivity index is 2.55. The van der Waals surface area contributed by atoms with Crippen LogP contribution >= 0.6 is 35.7 Å². The predicted molar refractivity (Wildman–Crippen MR) is 80.3 cm³/mol. The molecule has 18 heavy (non-hydrogen) atoms. The molecular formula is C10H17BN2O2S3.